The summed E-state index contributed by atoms with van der Waals surface area (Å²) in [5.74, 6) is -0.180. The van der Waals surface area contributed by atoms with Gasteiger partial charge in [-0.1, -0.05) is 5.16 Å². The van der Waals surface area contributed by atoms with E-state index >= 15 is 0 Å². The maximum absolute atomic E-state index is 12.4. The molecule has 0 aliphatic heterocycles. The molecule has 0 aliphatic rings. The lowest BCUT2D eigenvalue weighted by Crippen LogP contribution is -2.15. The highest BCUT2D eigenvalue weighted by atomic mass is 19.4. The minimum atomic E-state index is -4.47. The summed E-state index contributed by atoms with van der Waals surface area (Å²) < 4.78 is 38.1. The van der Waals surface area contributed by atoms with Gasteiger partial charge in [0.25, 0.3) is 0 Å². The lowest BCUT2D eigenvalue weighted by Gasteiger charge is -2.02. The van der Waals surface area contributed by atoms with Gasteiger partial charge < -0.3 is 10.9 Å². The summed E-state index contributed by atoms with van der Waals surface area (Å²) in [5, 5.41) is 14.7. The van der Waals surface area contributed by atoms with Gasteiger partial charge in [0.15, 0.2) is 11.7 Å². The van der Waals surface area contributed by atoms with Crippen molar-refractivity contribution in [1.82, 2.24) is 19.7 Å². The molecule has 0 aliphatic carbocycles. The Morgan fingerprint density at radius 1 is 1.26 bits per heavy atom. The summed E-state index contributed by atoms with van der Waals surface area (Å²) in [7, 11) is 0. The quantitative estimate of drug-likeness (QED) is 0.364. The molecule has 3 N–H and O–H groups in total. The van der Waals surface area contributed by atoms with Crippen molar-refractivity contribution in [2.45, 2.75) is 6.18 Å². The van der Waals surface area contributed by atoms with Crippen LogP contribution < -0.4 is 5.73 Å². The van der Waals surface area contributed by atoms with Crippen LogP contribution in [-0.2, 0) is 6.18 Å². The van der Waals surface area contributed by atoms with Crippen LogP contribution in [0.15, 0.2) is 29.9 Å². The SMILES string of the molecule is NC(=NO)c1cnc(-n2cc(C(F)(F)F)cn2)cn1. The molecule has 0 spiro atoms. The normalized spacial score (nSPS) is 12.7. The Balaban J connectivity index is 2.30. The molecule has 0 bridgehead atoms. The highest BCUT2D eigenvalue weighted by Gasteiger charge is 2.32. The highest BCUT2D eigenvalue weighted by molar-refractivity contribution is 5.94. The zero-order chi connectivity index (χ0) is 14.0. The van der Waals surface area contributed by atoms with Gasteiger partial charge in [-0.2, -0.15) is 18.3 Å². The number of aromatic nitrogens is 4. The third-order valence-corrected chi connectivity index (χ3v) is 2.15. The molecule has 7 nitrogen and oxygen atoms in total. The fraction of sp³-hybridized carbons (Fsp3) is 0.111. The first-order valence-corrected chi connectivity index (χ1v) is 4.84. The van der Waals surface area contributed by atoms with Gasteiger partial charge in [-0.05, 0) is 0 Å². The van der Waals surface area contributed by atoms with Crippen LogP contribution in [0.3, 0.4) is 0 Å². The largest absolute Gasteiger partial charge is 0.419 e. The van der Waals surface area contributed by atoms with Gasteiger partial charge in [-0.15, -0.1) is 0 Å². The Hall–Kier alpha value is -2.65. The Morgan fingerprint density at radius 3 is 2.47 bits per heavy atom. The predicted octanol–water partition coefficient (Wildman–Crippen LogP) is 0.776. The number of alkyl halides is 3. The topological polar surface area (TPSA) is 102 Å². The second kappa shape index (κ2) is 4.55. The van der Waals surface area contributed by atoms with E-state index in [1.807, 2.05) is 0 Å². The molecule has 0 fully saturated rings. The van der Waals surface area contributed by atoms with Crippen molar-refractivity contribution in [2.24, 2.45) is 10.9 Å². The molecule has 2 aromatic rings. The van der Waals surface area contributed by atoms with E-state index in [9.17, 15) is 13.2 Å². The van der Waals surface area contributed by atoms with E-state index < -0.39 is 11.7 Å². The van der Waals surface area contributed by atoms with Gasteiger partial charge >= 0.3 is 6.18 Å². The standard InChI is InChI=1S/C9H7F3N6O/c10-9(11,12)5-1-16-18(4-5)7-3-14-6(2-15-7)8(13)17-19/h1-4,19H,(H2,13,17). The van der Waals surface area contributed by atoms with E-state index in [0.29, 0.717) is 6.20 Å². The van der Waals surface area contributed by atoms with E-state index in [1.165, 1.54) is 0 Å². The number of nitrogens with two attached hydrogens (primary N) is 1. The van der Waals surface area contributed by atoms with Gasteiger partial charge in [-0.25, -0.2) is 14.6 Å². The Bertz CT molecular complexity index is 603. The molecule has 0 radical (unpaired) electrons. The molecule has 0 amide bonds. The third-order valence-electron chi connectivity index (χ3n) is 2.15. The first kappa shape index (κ1) is 12.8. The van der Waals surface area contributed by atoms with Crippen LogP contribution in [0.4, 0.5) is 13.2 Å². The summed E-state index contributed by atoms with van der Waals surface area (Å²) >= 11 is 0. The van der Waals surface area contributed by atoms with E-state index in [4.69, 9.17) is 10.9 Å². The van der Waals surface area contributed by atoms with Crippen LogP contribution in [0.1, 0.15) is 11.3 Å². The van der Waals surface area contributed by atoms with E-state index in [1.54, 1.807) is 0 Å². The average molecular weight is 272 g/mol. The van der Waals surface area contributed by atoms with Crippen molar-refractivity contribution in [3.05, 3.63) is 36.0 Å². The minimum absolute atomic E-state index is 0.0741. The number of halogens is 3. The second-order valence-electron chi connectivity index (χ2n) is 3.42. The van der Waals surface area contributed by atoms with Gasteiger partial charge in [0.1, 0.15) is 5.69 Å². The molecule has 2 heterocycles. The molecule has 0 saturated carbocycles. The number of hydrogen-bond donors (Lipinski definition) is 2. The number of hydrogen-bond acceptors (Lipinski definition) is 5. The minimum Gasteiger partial charge on any atom is -0.409 e. The summed E-state index contributed by atoms with van der Waals surface area (Å²) in [4.78, 5) is 7.59. The maximum Gasteiger partial charge on any atom is 0.419 e. The summed E-state index contributed by atoms with van der Waals surface area (Å²) in [5.41, 5.74) is 4.47. The molecule has 0 aromatic carbocycles. The van der Waals surface area contributed by atoms with Crippen LogP contribution in [0.5, 0.6) is 0 Å². The number of rotatable bonds is 2. The van der Waals surface area contributed by atoms with Gasteiger partial charge in [0, 0.05) is 6.20 Å². The molecule has 0 atom stereocenters. The van der Waals surface area contributed by atoms with Crippen molar-refractivity contribution in [3.63, 3.8) is 0 Å². The van der Waals surface area contributed by atoms with E-state index in [2.05, 4.69) is 20.2 Å². The van der Waals surface area contributed by atoms with Gasteiger partial charge in [0.2, 0.25) is 0 Å². The fourth-order valence-corrected chi connectivity index (χ4v) is 1.22. The van der Waals surface area contributed by atoms with Gasteiger partial charge in [0.05, 0.1) is 24.2 Å². The zero-order valence-corrected chi connectivity index (χ0v) is 9.20. The van der Waals surface area contributed by atoms with Crippen molar-refractivity contribution in [2.75, 3.05) is 0 Å². The molecule has 2 rings (SSSR count). The maximum atomic E-state index is 12.4. The molecule has 10 heteroatoms. The number of amidine groups is 1. The van der Waals surface area contributed by atoms with Crippen LogP contribution in [-0.4, -0.2) is 30.8 Å². The molecular formula is C9H7F3N6O. The van der Waals surface area contributed by atoms with Crippen molar-refractivity contribution in [3.8, 4) is 5.82 Å². The van der Waals surface area contributed by atoms with Crippen molar-refractivity contribution >= 4 is 5.84 Å². The van der Waals surface area contributed by atoms with Crippen LogP contribution in [0, 0.1) is 0 Å². The first-order chi connectivity index (χ1) is 8.91. The third kappa shape index (κ3) is 2.61. The average Bonchev–Trinajstić information content (AvgIpc) is 2.87. The molecule has 19 heavy (non-hydrogen) atoms. The van der Waals surface area contributed by atoms with Gasteiger partial charge in [-0.3, -0.25) is 0 Å². The lowest BCUT2D eigenvalue weighted by atomic mass is 10.4. The monoisotopic (exact) mass is 272 g/mol. The first-order valence-electron chi connectivity index (χ1n) is 4.84. The molecule has 2 aromatic heterocycles. The zero-order valence-electron chi connectivity index (χ0n) is 9.20. The van der Waals surface area contributed by atoms with Crippen molar-refractivity contribution in [1.29, 1.82) is 0 Å². The van der Waals surface area contributed by atoms with E-state index in [-0.39, 0.29) is 17.3 Å². The molecular weight excluding hydrogens is 265 g/mol. The number of nitrogens with zero attached hydrogens (tertiary/aromatic N) is 5. The fourth-order valence-electron chi connectivity index (χ4n) is 1.22. The van der Waals surface area contributed by atoms with Crippen molar-refractivity contribution < 1.29 is 18.4 Å². The predicted molar refractivity (Wildman–Crippen MR) is 56.7 cm³/mol. The summed E-state index contributed by atoms with van der Waals surface area (Å²) in [6, 6.07) is 0. The van der Waals surface area contributed by atoms with Crippen LogP contribution >= 0.6 is 0 Å². The molecule has 0 saturated heterocycles. The molecule has 100 valence electrons. The second-order valence-corrected chi connectivity index (χ2v) is 3.42. The Kier molecular flexibility index (Phi) is 3.07. The smallest absolute Gasteiger partial charge is 0.409 e. The number of oxime groups is 1. The lowest BCUT2D eigenvalue weighted by molar-refractivity contribution is -0.137. The molecule has 0 unspecified atom stereocenters. The summed E-state index contributed by atoms with van der Waals surface area (Å²) in [6.07, 6.45) is -0.703. The van der Waals surface area contributed by atoms with Crippen LogP contribution in [0.2, 0.25) is 0 Å². The highest BCUT2D eigenvalue weighted by Crippen LogP contribution is 2.28. The Morgan fingerprint density at radius 2 is 2.00 bits per heavy atom. The van der Waals surface area contributed by atoms with E-state index in [0.717, 1.165) is 23.3 Å². The summed E-state index contributed by atoms with van der Waals surface area (Å²) in [6.45, 7) is 0. The Labute approximate surface area is 104 Å². The van der Waals surface area contributed by atoms with Crippen LogP contribution in [0.25, 0.3) is 5.82 Å².